The van der Waals surface area contributed by atoms with E-state index in [2.05, 4.69) is 42.5 Å². The summed E-state index contributed by atoms with van der Waals surface area (Å²) in [5, 5.41) is 12.1. The number of hydrogen-bond donors (Lipinski definition) is 0. The molecule has 9 nitrogen and oxygen atoms in total. The minimum atomic E-state index is -3.81. The largest absolute Gasteiger partial charge is 0.370 e. The molecular formula is C34H53N5O4S. The Morgan fingerprint density at radius 1 is 0.841 bits per heavy atom. The van der Waals surface area contributed by atoms with Crippen LogP contribution in [0.2, 0.25) is 0 Å². The Morgan fingerprint density at radius 2 is 1.41 bits per heavy atom. The third kappa shape index (κ3) is 9.76. The molecule has 0 bridgehead atoms. The Bertz CT molecular complexity index is 1360. The van der Waals surface area contributed by atoms with Gasteiger partial charge in [0.1, 0.15) is 10.6 Å². The molecule has 2 aromatic rings. The molecule has 0 saturated carbocycles. The number of nitrogens with zero attached hydrogens (tertiary/aromatic N) is 5. The van der Waals surface area contributed by atoms with E-state index in [9.17, 15) is 18.5 Å². The van der Waals surface area contributed by atoms with Crippen LogP contribution in [0.15, 0.2) is 46.3 Å². The first kappa shape index (κ1) is 35.5. The molecule has 0 aliphatic carbocycles. The number of hydrogen-bond acceptors (Lipinski definition) is 7. The van der Waals surface area contributed by atoms with Crippen molar-refractivity contribution in [3.63, 3.8) is 0 Å². The summed E-state index contributed by atoms with van der Waals surface area (Å²) in [7, 11) is -3.81. The molecule has 0 unspecified atom stereocenters. The van der Waals surface area contributed by atoms with Crippen LogP contribution in [-0.4, -0.2) is 63.1 Å². The van der Waals surface area contributed by atoms with E-state index in [1.54, 1.807) is 28.7 Å². The number of rotatable bonds is 15. The van der Waals surface area contributed by atoms with Crippen LogP contribution < -0.4 is 9.80 Å². The quantitative estimate of drug-likeness (QED) is 0.114. The smallest absolute Gasteiger partial charge is 0.293 e. The first-order valence-corrected chi connectivity index (χ1v) is 17.6. The monoisotopic (exact) mass is 627 g/mol. The number of anilines is 2. The van der Waals surface area contributed by atoms with Crippen LogP contribution in [0.3, 0.4) is 0 Å². The van der Waals surface area contributed by atoms with Gasteiger partial charge in [-0.3, -0.25) is 15.1 Å². The lowest BCUT2D eigenvalue weighted by Crippen LogP contribution is -2.38. The fourth-order valence-corrected chi connectivity index (χ4v) is 7.74. The van der Waals surface area contributed by atoms with Gasteiger partial charge in [0.05, 0.1) is 16.3 Å². The molecule has 0 N–H and O–H groups in total. The lowest BCUT2D eigenvalue weighted by molar-refractivity contribution is -0.384. The number of piperidine rings is 1. The van der Waals surface area contributed by atoms with Crippen molar-refractivity contribution in [2.45, 2.75) is 79.5 Å². The second-order valence-electron chi connectivity index (χ2n) is 13.8. The first-order chi connectivity index (χ1) is 20.7. The topological polar surface area (TPSA) is 99.4 Å². The average Bonchev–Trinajstić information content (AvgIpc) is 2.94. The minimum absolute atomic E-state index is 0.0389. The summed E-state index contributed by atoms with van der Waals surface area (Å²) >= 11 is 0. The SMILES string of the molecule is CC(C)CN(CC(C)C)c1ccc(C=Nc2ccc(N3CCCCC3)c(S(=O)(=O)N(CC(C)C)CC(C)C)c2)cc1[N+](=O)[O-]. The summed E-state index contributed by atoms with van der Waals surface area (Å²) in [6, 6.07) is 10.6. The summed E-state index contributed by atoms with van der Waals surface area (Å²) in [6.45, 7) is 20.5. The Morgan fingerprint density at radius 3 is 1.93 bits per heavy atom. The molecule has 1 aliphatic rings. The van der Waals surface area contributed by atoms with Crippen LogP contribution in [0.4, 0.5) is 22.7 Å². The number of nitro groups is 1. The molecule has 1 aliphatic heterocycles. The Kier molecular flexibility index (Phi) is 12.8. The van der Waals surface area contributed by atoms with Gasteiger partial charge in [0.2, 0.25) is 10.0 Å². The first-order valence-electron chi connectivity index (χ1n) is 16.2. The van der Waals surface area contributed by atoms with Gasteiger partial charge >= 0.3 is 0 Å². The molecule has 0 spiro atoms. The maximum Gasteiger partial charge on any atom is 0.293 e. The third-order valence-corrected chi connectivity index (χ3v) is 9.33. The molecular weight excluding hydrogens is 574 g/mol. The van der Waals surface area contributed by atoms with Crippen molar-refractivity contribution >= 4 is 39.0 Å². The number of sulfonamides is 1. The van der Waals surface area contributed by atoms with Gasteiger partial charge in [-0.2, -0.15) is 4.31 Å². The van der Waals surface area contributed by atoms with Crippen LogP contribution in [0.25, 0.3) is 0 Å². The van der Waals surface area contributed by atoms with Crippen molar-refractivity contribution < 1.29 is 13.3 Å². The van der Waals surface area contributed by atoms with E-state index in [1.165, 1.54) is 0 Å². The van der Waals surface area contributed by atoms with E-state index in [-0.39, 0.29) is 27.3 Å². The number of aliphatic imine (C=N–C) groups is 1. The molecule has 0 radical (unpaired) electrons. The molecule has 2 aromatic carbocycles. The fourth-order valence-electron chi connectivity index (χ4n) is 5.75. The van der Waals surface area contributed by atoms with Crippen LogP contribution >= 0.6 is 0 Å². The zero-order valence-corrected chi connectivity index (χ0v) is 28.8. The second kappa shape index (κ2) is 15.8. The minimum Gasteiger partial charge on any atom is -0.370 e. The van der Waals surface area contributed by atoms with Gasteiger partial charge in [-0.25, -0.2) is 8.42 Å². The lowest BCUT2D eigenvalue weighted by Gasteiger charge is -2.32. The van der Waals surface area contributed by atoms with Gasteiger partial charge in [-0.15, -0.1) is 0 Å². The molecule has 3 rings (SSSR count). The van der Waals surface area contributed by atoms with E-state index < -0.39 is 10.0 Å². The predicted molar refractivity (Wildman–Crippen MR) is 183 cm³/mol. The molecule has 1 fully saturated rings. The van der Waals surface area contributed by atoms with E-state index in [4.69, 9.17) is 0 Å². The maximum atomic E-state index is 14.2. The van der Waals surface area contributed by atoms with E-state index in [0.717, 1.165) is 51.1 Å². The van der Waals surface area contributed by atoms with Crippen molar-refractivity contribution in [2.24, 2.45) is 28.7 Å². The summed E-state index contributed by atoms with van der Waals surface area (Å²) in [5.41, 5.74) is 2.43. The van der Waals surface area contributed by atoms with Gasteiger partial charge in [-0.05, 0) is 72.8 Å². The predicted octanol–water partition coefficient (Wildman–Crippen LogP) is 7.76. The van der Waals surface area contributed by atoms with Crippen LogP contribution in [0.5, 0.6) is 0 Å². The summed E-state index contributed by atoms with van der Waals surface area (Å²) in [6.07, 6.45) is 4.78. The highest BCUT2D eigenvalue weighted by Crippen LogP contribution is 2.35. The van der Waals surface area contributed by atoms with Gasteiger partial charge in [0, 0.05) is 51.5 Å². The Hall–Kier alpha value is -2.98. The van der Waals surface area contributed by atoms with Crippen molar-refractivity contribution in [1.29, 1.82) is 0 Å². The number of benzene rings is 2. The van der Waals surface area contributed by atoms with Gasteiger partial charge in [0.25, 0.3) is 5.69 Å². The van der Waals surface area contributed by atoms with Crippen LogP contribution in [0.1, 0.15) is 80.2 Å². The van der Waals surface area contributed by atoms with E-state index in [1.807, 2.05) is 45.9 Å². The van der Waals surface area contributed by atoms with Crippen molar-refractivity contribution in [2.75, 3.05) is 49.1 Å². The van der Waals surface area contributed by atoms with Gasteiger partial charge < -0.3 is 9.80 Å². The molecule has 0 aromatic heterocycles. The van der Waals surface area contributed by atoms with Crippen LogP contribution in [-0.2, 0) is 10.0 Å². The highest BCUT2D eigenvalue weighted by Gasteiger charge is 2.31. The summed E-state index contributed by atoms with van der Waals surface area (Å²) in [5.74, 6) is 1.06. The fraction of sp³-hybridized carbons (Fsp3) is 0.618. The molecule has 10 heteroatoms. The zero-order valence-electron chi connectivity index (χ0n) is 28.0. The second-order valence-corrected chi connectivity index (χ2v) is 15.7. The molecule has 244 valence electrons. The standard InChI is InChI=1S/C34H53N5O4S/c1-25(2)21-37(22-26(3)4)31-14-12-29(18-33(31)39(40)41)20-35-30-13-15-32(36-16-10-9-11-17-36)34(19-30)44(42,43)38(23-27(5)6)24-28(7)8/h12-15,18-20,25-28H,9-11,16-17,21-24H2,1-8H3. The molecule has 0 amide bonds. The van der Waals surface area contributed by atoms with Gasteiger partial charge in [0.15, 0.2) is 0 Å². The number of nitro benzene ring substituents is 1. The highest BCUT2D eigenvalue weighted by atomic mass is 32.2. The highest BCUT2D eigenvalue weighted by molar-refractivity contribution is 7.89. The Balaban J connectivity index is 2.05. The lowest BCUT2D eigenvalue weighted by atomic mass is 10.1. The van der Waals surface area contributed by atoms with Crippen molar-refractivity contribution in [3.05, 3.63) is 52.1 Å². The van der Waals surface area contributed by atoms with Crippen molar-refractivity contribution in [3.8, 4) is 0 Å². The molecule has 0 atom stereocenters. The molecule has 44 heavy (non-hydrogen) atoms. The normalized spacial score (nSPS) is 14.6. The van der Waals surface area contributed by atoms with Crippen molar-refractivity contribution in [1.82, 2.24) is 4.31 Å². The van der Waals surface area contributed by atoms with Gasteiger partial charge in [-0.1, -0.05) is 61.5 Å². The average molecular weight is 628 g/mol. The summed E-state index contributed by atoms with van der Waals surface area (Å²) in [4.78, 5) is 21.0. The molecule has 1 saturated heterocycles. The zero-order chi connectivity index (χ0) is 32.6. The van der Waals surface area contributed by atoms with E-state index >= 15 is 0 Å². The Labute approximate surface area is 265 Å². The maximum absolute atomic E-state index is 14.2. The van der Waals surface area contributed by atoms with Crippen LogP contribution in [0, 0.1) is 33.8 Å². The summed E-state index contributed by atoms with van der Waals surface area (Å²) < 4.78 is 30.1. The third-order valence-electron chi connectivity index (χ3n) is 7.47. The molecule has 1 heterocycles. The van der Waals surface area contributed by atoms with E-state index in [0.29, 0.717) is 41.9 Å².